The Morgan fingerprint density at radius 2 is 1.15 bits per heavy atom. The Labute approximate surface area is 156 Å². The van der Waals surface area contributed by atoms with Crippen molar-refractivity contribution >= 4 is 45.5 Å². The molecule has 0 bridgehead atoms. The minimum Gasteiger partial charge on any atom is -0.355 e. The molecule has 4 heteroatoms. The SMILES string of the molecule is O=C(/C=C/c1cc2ccccc2[nH]1)CC(=O)/C=C/c1cc2ccccc2[nH]1. The van der Waals surface area contributed by atoms with E-state index in [1.54, 1.807) is 12.2 Å². The van der Waals surface area contributed by atoms with Crippen LogP contribution in [0.1, 0.15) is 17.8 Å². The van der Waals surface area contributed by atoms with Gasteiger partial charge in [-0.15, -0.1) is 0 Å². The molecule has 2 aromatic heterocycles. The molecule has 0 atom stereocenters. The van der Waals surface area contributed by atoms with Gasteiger partial charge in [-0.25, -0.2) is 0 Å². The van der Waals surface area contributed by atoms with Crippen LogP contribution in [-0.2, 0) is 9.59 Å². The zero-order valence-electron chi connectivity index (χ0n) is 14.6. The van der Waals surface area contributed by atoms with Crippen LogP contribution in [0.3, 0.4) is 0 Å². The van der Waals surface area contributed by atoms with Gasteiger partial charge in [0.25, 0.3) is 0 Å². The Balaban J connectivity index is 1.37. The predicted molar refractivity (Wildman–Crippen MR) is 109 cm³/mol. The van der Waals surface area contributed by atoms with E-state index in [1.807, 2.05) is 60.7 Å². The second-order valence-corrected chi connectivity index (χ2v) is 6.40. The minimum absolute atomic E-state index is 0.145. The zero-order chi connectivity index (χ0) is 18.6. The molecule has 0 spiro atoms. The van der Waals surface area contributed by atoms with Crippen molar-refractivity contribution in [1.82, 2.24) is 9.97 Å². The van der Waals surface area contributed by atoms with Crippen LogP contribution < -0.4 is 0 Å². The number of hydrogen-bond acceptors (Lipinski definition) is 2. The van der Waals surface area contributed by atoms with Crippen LogP contribution in [0.15, 0.2) is 72.8 Å². The molecule has 0 unspecified atom stereocenters. The molecule has 132 valence electrons. The normalized spacial score (nSPS) is 11.9. The second kappa shape index (κ2) is 7.30. The summed E-state index contributed by atoms with van der Waals surface area (Å²) in [6.07, 6.45) is 6.15. The predicted octanol–water partition coefficient (Wildman–Crippen LogP) is 4.90. The number of fused-ring (bicyclic) bond motifs is 2. The smallest absolute Gasteiger partial charge is 0.163 e. The molecule has 0 saturated heterocycles. The highest BCUT2D eigenvalue weighted by Crippen LogP contribution is 2.16. The van der Waals surface area contributed by atoms with Crippen molar-refractivity contribution in [3.05, 3.63) is 84.2 Å². The van der Waals surface area contributed by atoms with E-state index in [1.165, 1.54) is 12.2 Å². The lowest BCUT2D eigenvalue weighted by Crippen LogP contribution is -2.01. The minimum atomic E-state index is -0.222. The third-order valence-electron chi connectivity index (χ3n) is 4.35. The Hall–Kier alpha value is -3.66. The molecular formula is C23H18N2O2. The summed E-state index contributed by atoms with van der Waals surface area (Å²) < 4.78 is 0. The average Bonchev–Trinajstić information content (AvgIpc) is 3.27. The number of aromatic amines is 2. The largest absolute Gasteiger partial charge is 0.355 e. The van der Waals surface area contributed by atoms with Crippen LogP contribution in [-0.4, -0.2) is 21.5 Å². The number of carbonyl (C=O) groups excluding carboxylic acids is 2. The van der Waals surface area contributed by atoms with Gasteiger partial charge in [0, 0.05) is 22.4 Å². The molecule has 4 nitrogen and oxygen atoms in total. The van der Waals surface area contributed by atoms with Crippen LogP contribution in [0.5, 0.6) is 0 Å². The first-order chi connectivity index (χ1) is 13.2. The molecule has 0 fully saturated rings. The van der Waals surface area contributed by atoms with Crippen molar-refractivity contribution < 1.29 is 9.59 Å². The van der Waals surface area contributed by atoms with Crippen LogP contribution in [0.4, 0.5) is 0 Å². The fraction of sp³-hybridized carbons (Fsp3) is 0.0435. The average molecular weight is 354 g/mol. The van der Waals surface area contributed by atoms with Crippen LogP contribution in [0.2, 0.25) is 0 Å². The van der Waals surface area contributed by atoms with Crippen molar-refractivity contribution in [1.29, 1.82) is 0 Å². The van der Waals surface area contributed by atoms with Gasteiger partial charge in [-0.3, -0.25) is 9.59 Å². The van der Waals surface area contributed by atoms with Gasteiger partial charge in [-0.1, -0.05) is 36.4 Å². The number of benzene rings is 2. The molecule has 0 saturated carbocycles. The van der Waals surface area contributed by atoms with Crippen molar-refractivity contribution in [2.75, 3.05) is 0 Å². The number of hydrogen-bond donors (Lipinski definition) is 2. The second-order valence-electron chi connectivity index (χ2n) is 6.40. The summed E-state index contributed by atoms with van der Waals surface area (Å²) in [5.74, 6) is -0.445. The van der Waals surface area contributed by atoms with Gasteiger partial charge in [0.15, 0.2) is 11.6 Å². The maximum atomic E-state index is 12.0. The summed E-state index contributed by atoms with van der Waals surface area (Å²) in [6.45, 7) is 0. The first-order valence-corrected chi connectivity index (χ1v) is 8.75. The summed E-state index contributed by atoms with van der Waals surface area (Å²) in [7, 11) is 0. The number of carbonyl (C=O) groups is 2. The first-order valence-electron chi connectivity index (χ1n) is 8.75. The van der Waals surface area contributed by atoms with Crippen molar-refractivity contribution in [2.24, 2.45) is 0 Å². The monoisotopic (exact) mass is 354 g/mol. The highest BCUT2D eigenvalue weighted by Gasteiger charge is 2.05. The fourth-order valence-corrected chi connectivity index (χ4v) is 3.03. The lowest BCUT2D eigenvalue weighted by Gasteiger charge is -1.91. The molecule has 0 aliphatic heterocycles. The lowest BCUT2D eigenvalue weighted by molar-refractivity contribution is -0.121. The zero-order valence-corrected chi connectivity index (χ0v) is 14.6. The third kappa shape index (κ3) is 3.96. The quantitative estimate of drug-likeness (QED) is 0.382. The Kier molecular flexibility index (Phi) is 4.54. The third-order valence-corrected chi connectivity index (χ3v) is 4.35. The van der Waals surface area contributed by atoms with Gasteiger partial charge in [-0.2, -0.15) is 0 Å². The number of rotatable bonds is 6. The molecule has 27 heavy (non-hydrogen) atoms. The van der Waals surface area contributed by atoms with E-state index in [0.29, 0.717) is 0 Å². The maximum Gasteiger partial charge on any atom is 0.163 e. The number of allylic oxidation sites excluding steroid dienone is 2. The Morgan fingerprint density at radius 3 is 1.59 bits per heavy atom. The number of nitrogens with one attached hydrogen (secondary N) is 2. The highest BCUT2D eigenvalue weighted by atomic mass is 16.1. The molecule has 4 rings (SSSR count). The van der Waals surface area contributed by atoms with Crippen molar-refractivity contribution in [3.63, 3.8) is 0 Å². The van der Waals surface area contributed by atoms with Crippen LogP contribution in [0, 0.1) is 0 Å². The van der Waals surface area contributed by atoms with Crippen molar-refractivity contribution in [3.8, 4) is 0 Å². The molecule has 2 N–H and O–H groups in total. The van der Waals surface area contributed by atoms with E-state index in [-0.39, 0.29) is 18.0 Å². The molecule has 0 aliphatic carbocycles. The Morgan fingerprint density at radius 1 is 0.704 bits per heavy atom. The van der Waals surface area contributed by atoms with E-state index in [4.69, 9.17) is 0 Å². The van der Waals surface area contributed by atoms with Gasteiger partial charge < -0.3 is 9.97 Å². The van der Waals surface area contributed by atoms with Crippen LogP contribution in [0.25, 0.3) is 34.0 Å². The van der Waals surface area contributed by atoms with Gasteiger partial charge in [0.1, 0.15) is 0 Å². The highest BCUT2D eigenvalue weighted by molar-refractivity contribution is 6.11. The summed E-state index contributed by atoms with van der Waals surface area (Å²) >= 11 is 0. The van der Waals surface area contributed by atoms with Crippen LogP contribution >= 0.6 is 0 Å². The number of aromatic nitrogens is 2. The van der Waals surface area contributed by atoms with E-state index >= 15 is 0 Å². The van der Waals surface area contributed by atoms with Gasteiger partial charge >= 0.3 is 0 Å². The summed E-state index contributed by atoms with van der Waals surface area (Å²) in [6, 6.07) is 19.7. The molecule has 0 radical (unpaired) electrons. The number of para-hydroxylation sites is 2. The van der Waals surface area contributed by atoms with E-state index < -0.39 is 0 Å². The standard InChI is InChI=1S/C23H18N2O2/c26-20(11-9-18-13-16-5-1-3-7-22(16)24-18)15-21(27)12-10-19-14-17-6-2-4-8-23(17)25-19/h1-14,24-25H,15H2/b11-9+,12-10+. The van der Waals surface area contributed by atoms with Gasteiger partial charge in [-0.05, 0) is 59.3 Å². The Bertz CT molecular complexity index is 1030. The molecule has 0 aliphatic rings. The molecule has 2 heterocycles. The number of H-pyrrole nitrogens is 2. The van der Waals surface area contributed by atoms with Gasteiger partial charge in [0.2, 0.25) is 0 Å². The molecule has 0 amide bonds. The van der Waals surface area contributed by atoms with E-state index in [0.717, 1.165) is 33.2 Å². The molecule has 4 aromatic rings. The molecule has 2 aromatic carbocycles. The number of ketones is 2. The lowest BCUT2D eigenvalue weighted by atomic mass is 10.1. The maximum absolute atomic E-state index is 12.0. The fourth-order valence-electron chi connectivity index (χ4n) is 3.03. The van der Waals surface area contributed by atoms with Crippen molar-refractivity contribution in [2.45, 2.75) is 6.42 Å². The summed E-state index contributed by atoms with van der Waals surface area (Å²) in [5, 5.41) is 2.17. The van der Waals surface area contributed by atoms with E-state index in [2.05, 4.69) is 9.97 Å². The topological polar surface area (TPSA) is 65.7 Å². The van der Waals surface area contributed by atoms with E-state index in [9.17, 15) is 9.59 Å². The summed E-state index contributed by atoms with van der Waals surface area (Å²) in [4.78, 5) is 30.5. The summed E-state index contributed by atoms with van der Waals surface area (Å²) in [5.41, 5.74) is 3.71. The first kappa shape index (κ1) is 16.8. The van der Waals surface area contributed by atoms with Gasteiger partial charge in [0.05, 0.1) is 6.42 Å². The molecular weight excluding hydrogens is 336 g/mol.